The van der Waals surface area contributed by atoms with Crippen LogP contribution >= 0.6 is 0 Å². The summed E-state index contributed by atoms with van der Waals surface area (Å²) in [7, 11) is 0. The highest BCUT2D eigenvalue weighted by Crippen LogP contribution is 2.24. The highest BCUT2D eigenvalue weighted by molar-refractivity contribution is 5.62. The molecular weight excluding hydrogens is 312 g/mol. The van der Waals surface area contributed by atoms with E-state index in [1.54, 1.807) is 4.68 Å². The van der Waals surface area contributed by atoms with Crippen molar-refractivity contribution in [3.8, 4) is 22.6 Å². The SMILES string of the molecule is Cc1ccc(N)cc1-n1cc(-c2cnn(-c3ccccc3)c2C)nn1. The minimum Gasteiger partial charge on any atom is -0.399 e. The van der Waals surface area contributed by atoms with Gasteiger partial charge in [0, 0.05) is 11.3 Å². The molecule has 0 bridgehead atoms. The number of nitrogens with two attached hydrogens (primary N) is 1. The van der Waals surface area contributed by atoms with Crippen LogP contribution < -0.4 is 5.73 Å². The van der Waals surface area contributed by atoms with Crippen LogP contribution in [0.2, 0.25) is 0 Å². The Morgan fingerprint density at radius 1 is 1.00 bits per heavy atom. The lowest BCUT2D eigenvalue weighted by Gasteiger charge is -2.05. The van der Waals surface area contributed by atoms with Crippen molar-refractivity contribution in [2.24, 2.45) is 0 Å². The minimum atomic E-state index is 0.700. The lowest BCUT2D eigenvalue weighted by molar-refractivity contribution is 0.799. The smallest absolute Gasteiger partial charge is 0.116 e. The first-order valence-corrected chi connectivity index (χ1v) is 8.03. The summed E-state index contributed by atoms with van der Waals surface area (Å²) in [4.78, 5) is 0. The maximum atomic E-state index is 5.90. The fourth-order valence-corrected chi connectivity index (χ4v) is 2.87. The molecule has 0 amide bonds. The molecule has 0 atom stereocenters. The van der Waals surface area contributed by atoms with Crippen LogP contribution in [0.15, 0.2) is 60.9 Å². The van der Waals surface area contributed by atoms with E-state index in [1.165, 1.54) is 0 Å². The zero-order valence-corrected chi connectivity index (χ0v) is 14.1. The third-order valence-electron chi connectivity index (χ3n) is 4.26. The number of benzene rings is 2. The van der Waals surface area contributed by atoms with E-state index in [0.717, 1.165) is 33.9 Å². The van der Waals surface area contributed by atoms with Gasteiger partial charge >= 0.3 is 0 Å². The van der Waals surface area contributed by atoms with E-state index in [4.69, 9.17) is 5.73 Å². The number of para-hydroxylation sites is 1. The molecule has 2 aromatic carbocycles. The summed E-state index contributed by atoms with van der Waals surface area (Å²) in [5, 5.41) is 13.1. The topological polar surface area (TPSA) is 74.6 Å². The summed E-state index contributed by atoms with van der Waals surface area (Å²) < 4.78 is 3.65. The zero-order valence-electron chi connectivity index (χ0n) is 14.1. The van der Waals surface area contributed by atoms with E-state index < -0.39 is 0 Å². The van der Waals surface area contributed by atoms with Gasteiger partial charge in [-0.15, -0.1) is 5.10 Å². The van der Waals surface area contributed by atoms with E-state index in [0.29, 0.717) is 5.69 Å². The van der Waals surface area contributed by atoms with E-state index >= 15 is 0 Å². The maximum Gasteiger partial charge on any atom is 0.116 e. The molecule has 0 fully saturated rings. The molecule has 6 nitrogen and oxygen atoms in total. The maximum absolute atomic E-state index is 5.90. The molecule has 6 heteroatoms. The van der Waals surface area contributed by atoms with Crippen molar-refractivity contribution in [1.29, 1.82) is 0 Å². The van der Waals surface area contributed by atoms with Crippen LogP contribution in [0.25, 0.3) is 22.6 Å². The second-order valence-electron chi connectivity index (χ2n) is 5.99. The van der Waals surface area contributed by atoms with Gasteiger partial charge in [0.05, 0.1) is 29.5 Å². The third kappa shape index (κ3) is 2.67. The summed E-state index contributed by atoms with van der Waals surface area (Å²) in [5.74, 6) is 0. The Balaban J connectivity index is 1.74. The molecule has 124 valence electrons. The molecule has 2 heterocycles. The summed E-state index contributed by atoms with van der Waals surface area (Å²) >= 11 is 0. The molecular formula is C19H18N6. The fraction of sp³-hybridized carbons (Fsp3) is 0.105. The molecule has 4 rings (SSSR count). The molecule has 0 aliphatic rings. The molecule has 0 aliphatic heterocycles. The van der Waals surface area contributed by atoms with Gasteiger partial charge in [-0.3, -0.25) is 0 Å². The van der Waals surface area contributed by atoms with Crippen LogP contribution in [0, 0.1) is 13.8 Å². The van der Waals surface area contributed by atoms with Crippen molar-refractivity contribution in [2.45, 2.75) is 13.8 Å². The van der Waals surface area contributed by atoms with Crippen LogP contribution in [0.3, 0.4) is 0 Å². The average Bonchev–Trinajstić information content (AvgIpc) is 3.24. The molecule has 4 aromatic rings. The largest absolute Gasteiger partial charge is 0.399 e. The Bertz CT molecular complexity index is 1030. The second kappa shape index (κ2) is 5.90. The van der Waals surface area contributed by atoms with E-state index in [1.807, 2.05) is 79.5 Å². The van der Waals surface area contributed by atoms with Crippen LogP contribution in [0.1, 0.15) is 11.3 Å². The van der Waals surface area contributed by atoms with Gasteiger partial charge in [-0.1, -0.05) is 29.5 Å². The third-order valence-corrected chi connectivity index (χ3v) is 4.26. The Kier molecular flexibility index (Phi) is 3.57. The standard InChI is InChI=1S/C19H18N6/c1-13-8-9-15(20)10-19(13)24-12-18(22-23-24)17-11-21-25(14(17)2)16-6-4-3-5-7-16/h3-12H,20H2,1-2H3. The van der Waals surface area contributed by atoms with E-state index in [-0.39, 0.29) is 0 Å². The molecule has 25 heavy (non-hydrogen) atoms. The second-order valence-corrected chi connectivity index (χ2v) is 5.99. The van der Waals surface area contributed by atoms with Crippen LogP contribution in [0.4, 0.5) is 5.69 Å². The number of nitrogen functional groups attached to an aromatic ring is 1. The Hall–Kier alpha value is -3.41. The van der Waals surface area contributed by atoms with Crippen molar-refractivity contribution in [2.75, 3.05) is 5.73 Å². The lowest BCUT2D eigenvalue weighted by atomic mass is 10.2. The average molecular weight is 330 g/mol. The predicted octanol–water partition coefficient (Wildman–Crippen LogP) is 3.32. The van der Waals surface area contributed by atoms with Gasteiger partial charge in [0.2, 0.25) is 0 Å². The van der Waals surface area contributed by atoms with Gasteiger partial charge in [-0.25, -0.2) is 9.36 Å². The number of aromatic nitrogens is 5. The van der Waals surface area contributed by atoms with Crippen molar-refractivity contribution >= 4 is 5.69 Å². The highest BCUT2D eigenvalue weighted by atomic mass is 15.4. The number of anilines is 1. The number of rotatable bonds is 3. The van der Waals surface area contributed by atoms with Gasteiger partial charge in [0.15, 0.2) is 0 Å². The monoisotopic (exact) mass is 330 g/mol. The molecule has 0 spiro atoms. The zero-order chi connectivity index (χ0) is 17.4. The van der Waals surface area contributed by atoms with Crippen molar-refractivity contribution < 1.29 is 0 Å². The van der Waals surface area contributed by atoms with Gasteiger partial charge in [0.25, 0.3) is 0 Å². The normalized spacial score (nSPS) is 11.0. The molecule has 2 N–H and O–H groups in total. The summed E-state index contributed by atoms with van der Waals surface area (Å²) in [6, 6.07) is 15.8. The number of aryl methyl sites for hydroxylation is 1. The first-order valence-electron chi connectivity index (χ1n) is 8.03. The van der Waals surface area contributed by atoms with E-state index in [9.17, 15) is 0 Å². The van der Waals surface area contributed by atoms with Crippen LogP contribution in [-0.4, -0.2) is 24.8 Å². The highest BCUT2D eigenvalue weighted by Gasteiger charge is 2.14. The first-order chi connectivity index (χ1) is 12.1. The molecule has 0 radical (unpaired) electrons. The van der Waals surface area contributed by atoms with Gasteiger partial charge < -0.3 is 5.73 Å². The van der Waals surface area contributed by atoms with Crippen LogP contribution in [-0.2, 0) is 0 Å². The molecule has 0 saturated heterocycles. The molecule has 2 aromatic heterocycles. The molecule has 0 saturated carbocycles. The molecule has 0 aliphatic carbocycles. The van der Waals surface area contributed by atoms with Gasteiger partial charge in [-0.05, 0) is 43.7 Å². The van der Waals surface area contributed by atoms with Crippen LogP contribution in [0.5, 0.6) is 0 Å². The lowest BCUT2D eigenvalue weighted by Crippen LogP contribution is -1.99. The van der Waals surface area contributed by atoms with Gasteiger partial charge in [0.1, 0.15) is 5.69 Å². The quantitative estimate of drug-likeness (QED) is 0.585. The summed E-state index contributed by atoms with van der Waals surface area (Å²) in [6.45, 7) is 4.05. The Morgan fingerprint density at radius 3 is 2.60 bits per heavy atom. The Morgan fingerprint density at radius 2 is 1.80 bits per heavy atom. The predicted molar refractivity (Wildman–Crippen MR) is 97.8 cm³/mol. The Labute approximate surface area is 145 Å². The first kappa shape index (κ1) is 15.1. The minimum absolute atomic E-state index is 0.700. The number of hydrogen-bond acceptors (Lipinski definition) is 4. The van der Waals surface area contributed by atoms with Crippen molar-refractivity contribution in [1.82, 2.24) is 24.8 Å². The summed E-state index contributed by atoms with van der Waals surface area (Å²) in [5.41, 5.74) is 12.4. The van der Waals surface area contributed by atoms with E-state index in [2.05, 4.69) is 15.4 Å². The van der Waals surface area contributed by atoms with Crippen molar-refractivity contribution in [3.63, 3.8) is 0 Å². The fourth-order valence-electron chi connectivity index (χ4n) is 2.87. The summed E-state index contributed by atoms with van der Waals surface area (Å²) in [6.07, 6.45) is 3.73. The van der Waals surface area contributed by atoms with Crippen molar-refractivity contribution in [3.05, 3.63) is 72.2 Å². The number of nitrogens with zero attached hydrogens (tertiary/aromatic N) is 5. The van der Waals surface area contributed by atoms with Gasteiger partial charge in [-0.2, -0.15) is 5.10 Å². The molecule has 0 unspecified atom stereocenters. The number of hydrogen-bond donors (Lipinski definition) is 1.